The second kappa shape index (κ2) is 10.3. The molecule has 0 unspecified atom stereocenters. The van der Waals surface area contributed by atoms with E-state index in [1.807, 2.05) is 24.3 Å². The molecule has 2 aromatic rings. The van der Waals surface area contributed by atoms with Crippen molar-refractivity contribution in [1.29, 1.82) is 0 Å². The molecule has 1 aliphatic heterocycles. The summed E-state index contributed by atoms with van der Waals surface area (Å²) < 4.78 is 17.5. The molecule has 1 atom stereocenters. The van der Waals surface area contributed by atoms with Gasteiger partial charge in [-0.3, -0.25) is 4.90 Å². The molecule has 1 fully saturated rings. The van der Waals surface area contributed by atoms with Gasteiger partial charge in [0.15, 0.2) is 11.5 Å². The zero-order valence-electron chi connectivity index (χ0n) is 17.7. The van der Waals surface area contributed by atoms with E-state index in [1.54, 1.807) is 14.2 Å². The van der Waals surface area contributed by atoms with Crippen LogP contribution in [0.25, 0.3) is 0 Å². The maximum absolute atomic E-state index is 6.31. The van der Waals surface area contributed by atoms with Crippen LogP contribution in [0, 0.1) is 0 Å². The highest BCUT2D eigenvalue weighted by atomic mass is 16.5. The molecule has 156 valence electrons. The van der Waals surface area contributed by atoms with Gasteiger partial charge in [0.1, 0.15) is 12.4 Å². The minimum absolute atomic E-state index is 0.181. The summed E-state index contributed by atoms with van der Waals surface area (Å²) >= 11 is 0. The molecule has 1 heterocycles. The molecular formula is C24H32N2O3. The molecule has 1 aliphatic rings. The van der Waals surface area contributed by atoms with Gasteiger partial charge in [-0.1, -0.05) is 35.9 Å². The molecule has 5 nitrogen and oxygen atoms in total. The smallest absolute Gasteiger partial charge is 0.164 e. The lowest BCUT2D eigenvalue weighted by Gasteiger charge is -2.36. The van der Waals surface area contributed by atoms with E-state index in [0.29, 0.717) is 12.4 Å². The predicted molar refractivity (Wildman–Crippen MR) is 117 cm³/mol. The van der Waals surface area contributed by atoms with Crippen molar-refractivity contribution in [2.24, 2.45) is 0 Å². The van der Waals surface area contributed by atoms with Gasteiger partial charge in [-0.15, -0.1) is 6.58 Å². The SMILES string of the molecule is C=C(C)C[C@@H](c1cc(OC)c(OC)cc1OCc1ccccc1)N1CCNCC1. The molecule has 29 heavy (non-hydrogen) atoms. The summed E-state index contributed by atoms with van der Waals surface area (Å²) in [6.07, 6.45) is 0.872. The molecule has 3 rings (SSSR count). The average molecular weight is 397 g/mol. The number of ether oxygens (including phenoxy) is 3. The fourth-order valence-corrected chi connectivity index (χ4v) is 3.76. The first-order chi connectivity index (χ1) is 14.1. The summed E-state index contributed by atoms with van der Waals surface area (Å²) in [5, 5.41) is 3.44. The molecule has 0 aliphatic carbocycles. The average Bonchev–Trinajstić information content (AvgIpc) is 2.76. The standard InChI is InChI=1S/C24H32N2O3/c1-18(2)14-21(26-12-10-25-11-13-26)20-15-23(27-3)24(28-4)16-22(20)29-17-19-8-6-5-7-9-19/h5-9,15-16,21,25H,1,10-14,17H2,2-4H3/t21-/m0/s1. The van der Waals surface area contributed by atoms with E-state index in [0.717, 1.165) is 60.8 Å². The van der Waals surface area contributed by atoms with Gasteiger partial charge in [0.2, 0.25) is 0 Å². The summed E-state index contributed by atoms with van der Waals surface area (Å²) in [5.41, 5.74) is 3.40. The van der Waals surface area contributed by atoms with E-state index in [9.17, 15) is 0 Å². The zero-order chi connectivity index (χ0) is 20.6. The molecule has 0 amide bonds. The quantitative estimate of drug-likeness (QED) is 0.644. The number of nitrogens with zero attached hydrogens (tertiary/aromatic N) is 1. The number of nitrogens with one attached hydrogen (secondary N) is 1. The van der Waals surface area contributed by atoms with E-state index in [4.69, 9.17) is 14.2 Å². The third-order valence-corrected chi connectivity index (χ3v) is 5.25. The lowest BCUT2D eigenvalue weighted by molar-refractivity contribution is 0.167. The van der Waals surface area contributed by atoms with Crippen molar-refractivity contribution in [1.82, 2.24) is 10.2 Å². The second-order valence-corrected chi connectivity index (χ2v) is 7.48. The van der Waals surface area contributed by atoms with Crippen LogP contribution in [0.15, 0.2) is 54.6 Å². The molecule has 0 saturated carbocycles. The van der Waals surface area contributed by atoms with Crippen molar-refractivity contribution >= 4 is 0 Å². The molecule has 1 saturated heterocycles. The molecule has 1 N–H and O–H groups in total. The summed E-state index contributed by atoms with van der Waals surface area (Å²) in [6.45, 7) is 10.7. The van der Waals surface area contributed by atoms with Gasteiger partial charge >= 0.3 is 0 Å². The van der Waals surface area contributed by atoms with Gasteiger partial charge < -0.3 is 19.5 Å². The van der Waals surface area contributed by atoms with E-state index < -0.39 is 0 Å². The normalized spacial score (nSPS) is 15.6. The van der Waals surface area contributed by atoms with Gasteiger partial charge in [0.25, 0.3) is 0 Å². The van der Waals surface area contributed by atoms with Crippen LogP contribution >= 0.6 is 0 Å². The highest BCUT2D eigenvalue weighted by molar-refractivity contribution is 5.52. The molecule has 0 radical (unpaired) electrons. The first kappa shape index (κ1) is 21.2. The highest BCUT2D eigenvalue weighted by Crippen LogP contribution is 2.41. The molecule has 0 aromatic heterocycles. The summed E-state index contributed by atoms with van der Waals surface area (Å²) in [5.74, 6) is 2.22. The highest BCUT2D eigenvalue weighted by Gasteiger charge is 2.27. The van der Waals surface area contributed by atoms with Crippen LogP contribution in [0.3, 0.4) is 0 Å². The number of rotatable bonds is 9. The number of benzene rings is 2. The lowest BCUT2D eigenvalue weighted by atomic mass is 9.96. The third-order valence-electron chi connectivity index (χ3n) is 5.25. The molecule has 0 spiro atoms. The van der Waals surface area contributed by atoms with Crippen molar-refractivity contribution in [3.8, 4) is 17.2 Å². The van der Waals surface area contributed by atoms with Crippen molar-refractivity contribution < 1.29 is 14.2 Å². The number of methoxy groups -OCH3 is 2. The zero-order valence-corrected chi connectivity index (χ0v) is 17.7. The Hall–Kier alpha value is -2.50. The Labute approximate surface area is 174 Å². The lowest BCUT2D eigenvalue weighted by Crippen LogP contribution is -2.45. The Morgan fingerprint density at radius 2 is 1.69 bits per heavy atom. The van der Waals surface area contributed by atoms with E-state index in [-0.39, 0.29) is 6.04 Å². The summed E-state index contributed by atoms with van der Waals surface area (Å²) in [4.78, 5) is 2.50. The van der Waals surface area contributed by atoms with Crippen molar-refractivity contribution in [2.45, 2.75) is 26.0 Å². The molecule has 0 bridgehead atoms. The third kappa shape index (κ3) is 5.52. The van der Waals surface area contributed by atoms with Gasteiger partial charge in [-0.25, -0.2) is 0 Å². The first-order valence-corrected chi connectivity index (χ1v) is 10.1. The molecular weight excluding hydrogens is 364 g/mol. The first-order valence-electron chi connectivity index (χ1n) is 10.1. The van der Waals surface area contributed by atoms with Crippen molar-refractivity contribution in [2.75, 3.05) is 40.4 Å². The Balaban J connectivity index is 1.98. The topological polar surface area (TPSA) is 43.0 Å². The van der Waals surface area contributed by atoms with Gasteiger partial charge in [-0.05, 0) is 25.0 Å². The Morgan fingerprint density at radius 3 is 2.31 bits per heavy atom. The Bertz CT molecular complexity index is 801. The number of hydrogen-bond acceptors (Lipinski definition) is 5. The second-order valence-electron chi connectivity index (χ2n) is 7.48. The monoisotopic (exact) mass is 396 g/mol. The van der Waals surface area contributed by atoms with Crippen LogP contribution in [0.5, 0.6) is 17.2 Å². The Kier molecular flexibility index (Phi) is 7.55. The minimum atomic E-state index is 0.181. The van der Waals surface area contributed by atoms with Gasteiger partial charge in [-0.2, -0.15) is 0 Å². The van der Waals surface area contributed by atoms with Crippen LogP contribution in [0.2, 0.25) is 0 Å². The van der Waals surface area contributed by atoms with Crippen molar-refractivity contribution in [3.63, 3.8) is 0 Å². The van der Waals surface area contributed by atoms with Crippen molar-refractivity contribution in [3.05, 3.63) is 65.7 Å². The van der Waals surface area contributed by atoms with Crippen LogP contribution in [0.1, 0.15) is 30.5 Å². The number of hydrogen-bond donors (Lipinski definition) is 1. The van der Waals surface area contributed by atoms with Gasteiger partial charge in [0.05, 0.1) is 14.2 Å². The maximum Gasteiger partial charge on any atom is 0.164 e. The fourth-order valence-electron chi connectivity index (χ4n) is 3.76. The van der Waals surface area contributed by atoms with E-state index in [2.05, 4.69) is 41.9 Å². The van der Waals surface area contributed by atoms with Crippen LogP contribution in [-0.4, -0.2) is 45.3 Å². The van der Waals surface area contributed by atoms with Crippen LogP contribution in [0.4, 0.5) is 0 Å². The largest absolute Gasteiger partial charge is 0.493 e. The van der Waals surface area contributed by atoms with Crippen LogP contribution < -0.4 is 19.5 Å². The predicted octanol–water partition coefficient (Wildman–Crippen LogP) is 4.20. The maximum atomic E-state index is 6.31. The Morgan fingerprint density at radius 1 is 1.03 bits per heavy atom. The molecule has 5 heteroatoms. The molecule has 2 aromatic carbocycles. The number of piperazine rings is 1. The van der Waals surface area contributed by atoms with Crippen LogP contribution in [-0.2, 0) is 6.61 Å². The summed E-state index contributed by atoms with van der Waals surface area (Å²) in [6, 6.07) is 14.4. The summed E-state index contributed by atoms with van der Waals surface area (Å²) in [7, 11) is 3.32. The van der Waals surface area contributed by atoms with Gasteiger partial charge in [0, 0.05) is 43.9 Å². The van der Waals surface area contributed by atoms with E-state index >= 15 is 0 Å². The minimum Gasteiger partial charge on any atom is -0.493 e. The fraction of sp³-hybridized carbons (Fsp3) is 0.417. The van der Waals surface area contributed by atoms with E-state index in [1.165, 1.54) is 0 Å².